The van der Waals surface area contributed by atoms with Gasteiger partial charge in [0.2, 0.25) is 5.91 Å². The number of carbonyl (C=O) groups is 1. The molecule has 0 aliphatic carbocycles. The summed E-state index contributed by atoms with van der Waals surface area (Å²) in [6.45, 7) is 3.64. The van der Waals surface area contributed by atoms with Crippen LogP contribution < -0.4 is 11.1 Å². The van der Waals surface area contributed by atoms with E-state index in [1.165, 1.54) is 0 Å². The number of aliphatic hydroxyl groups is 1. The van der Waals surface area contributed by atoms with Crippen molar-refractivity contribution in [3.8, 4) is 0 Å². The van der Waals surface area contributed by atoms with E-state index in [1.54, 1.807) is 0 Å². The number of nitrogens with one attached hydrogen (secondary N) is 1. The first-order valence-corrected chi connectivity index (χ1v) is 3.72. The second-order valence-electron chi connectivity index (χ2n) is 2.94. The van der Waals surface area contributed by atoms with Crippen LogP contribution in [0.1, 0.15) is 20.3 Å². The van der Waals surface area contributed by atoms with E-state index in [0.717, 1.165) is 0 Å². The topological polar surface area (TPSA) is 75.4 Å². The van der Waals surface area contributed by atoms with Crippen molar-refractivity contribution in [2.45, 2.75) is 26.3 Å². The molecule has 0 rings (SSSR count). The molecule has 0 radical (unpaired) electrons. The minimum absolute atomic E-state index is 0.291. The molecule has 4 nitrogen and oxygen atoms in total. The average molecular weight is 160 g/mol. The zero-order valence-corrected chi connectivity index (χ0v) is 7.00. The lowest BCUT2D eigenvalue weighted by atomic mass is 10.0. The van der Waals surface area contributed by atoms with Crippen molar-refractivity contribution < 1.29 is 9.90 Å². The van der Waals surface area contributed by atoms with Crippen molar-refractivity contribution in [1.29, 1.82) is 0 Å². The molecular formula is C7H16N2O2. The lowest BCUT2D eigenvalue weighted by Gasteiger charge is -2.12. The molecule has 4 heteroatoms. The van der Waals surface area contributed by atoms with E-state index in [2.05, 4.69) is 5.32 Å². The minimum atomic E-state index is -0.498. The summed E-state index contributed by atoms with van der Waals surface area (Å²) in [5.41, 5.74) is 5.48. The van der Waals surface area contributed by atoms with E-state index in [-0.39, 0.29) is 12.6 Å². The van der Waals surface area contributed by atoms with Crippen molar-refractivity contribution in [1.82, 2.24) is 5.32 Å². The van der Waals surface area contributed by atoms with Gasteiger partial charge in [0.1, 0.15) is 6.73 Å². The van der Waals surface area contributed by atoms with Gasteiger partial charge in [-0.25, -0.2) is 0 Å². The second-order valence-corrected chi connectivity index (χ2v) is 2.94. The molecule has 0 spiro atoms. The molecule has 0 aromatic rings. The van der Waals surface area contributed by atoms with Gasteiger partial charge in [-0.05, 0) is 12.3 Å². The fraction of sp³-hybridized carbons (Fsp3) is 0.857. The fourth-order valence-corrected chi connectivity index (χ4v) is 0.824. The highest BCUT2D eigenvalue weighted by Crippen LogP contribution is 2.01. The number of amides is 1. The molecule has 0 aromatic carbocycles. The molecule has 0 saturated carbocycles. The van der Waals surface area contributed by atoms with E-state index in [4.69, 9.17) is 10.8 Å². The van der Waals surface area contributed by atoms with Gasteiger partial charge < -0.3 is 16.2 Å². The maximum absolute atomic E-state index is 10.9. The average Bonchev–Trinajstić information content (AvgIpc) is 1.86. The van der Waals surface area contributed by atoms with Crippen LogP contribution in [0.25, 0.3) is 0 Å². The van der Waals surface area contributed by atoms with E-state index in [9.17, 15) is 4.79 Å². The van der Waals surface area contributed by atoms with E-state index in [0.29, 0.717) is 12.3 Å². The summed E-state index contributed by atoms with van der Waals surface area (Å²) in [7, 11) is 0. The van der Waals surface area contributed by atoms with Gasteiger partial charge in [-0.2, -0.15) is 0 Å². The van der Waals surface area contributed by atoms with Gasteiger partial charge in [0.25, 0.3) is 0 Å². The van der Waals surface area contributed by atoms with Crippen LogP contribution in [0, 0.1) is 5.92 Å². The standard InChI is InChI=1S/C7H16N2O2/c1-5(2)3-6(8)7(11)9-4-10/h5-6,10H,3-4,8H2,1-2H3,(H,9,11)/t6-/m0/s1. The molecule has 0 aromatic heterocycles. The highest BCUT2D eigenvalue weighted by atomic mass is 16.3. The molecule has 0 heterocycles. The number of hydrogen-bond acceptors (Lipinski definition) is 3. The van der Waals surface area contributed by atoms with E-state index < -0.39 is 6.04 Å². The third-order valence-electron chi connectivity index (χ3n) is 1.32. The lowest BCUT2D eigenvalue weighted by molar-refractivity contribution is -0.123. The zero-order chi connectivity index (χ0) is 8.85. The summed E-state index contributed by atoms with van der Waals surface area (Å²) in [5, 5.41) is 10.6. The van der Waals surface area contributed by atoms with Crippen molar-refractivity contribution in [2.24, 2.45) is 11.7 Å². The predicted octanol–water partition coefficient (Wildman–Crippen LogP) is -0.574. The Labute approximate surface area is 66.8 Å². The first kappa shape index (κ1) is 10.4. The summed E-state index contributed by atoms with van der Waals surface area (Å²) >= 11 is 0. The van der Waals surface area contributed by atoms with Crippen LogP contribution >= 0.6 is 0 Å². The van der Waals surface area contributed by atoms with Gasteiger partial charge in [0.05, 0.1) is 6.04 Å². The molecule has 1 atom stereocenters. The first-order valence-electron chi connectivity index (χ1n) is 3.72. The monoisotopic (exact) mass is 160 g/mol. The number of carbonyl (C=O) groups excluding carboxylic acids is 1. The van der Waals surface area contributed by atoms with Gasteiger partial charge in [0, 0.05) is 0 Å². The predicted molar refractivity (Wildman–Crippen MR) is 42.7 cm³/mol. The molecule has 4 N–H and O–H groups in total. The smallest absolute Gasteiger partial charge is 0.238 e. The van der Waals surface area contributed by atoms with Crippen LogP contribution in [-0.2, 0) is 4.79 Å². The maximum atomic E-state index is 10.9. The van der Waals surface area contributed by atoms with Crippen molar-refractivity contribution in [3.63, 3.8) is 0 Å². The molecule has 1 amide bonds. The van der Waals surface area contributed by atoms with Crippen LogP contribution in [-0.4, -0.2) is 23.8 Å². The Bertz CT molecular complexity index is 126. The summed E-state index contributed by atoms with van der Waals surface area (Å²) < 4.78 is 0. The van der Waals surface area contributed by atoms with Crippen LogP contribution in [0.3, 0.4) is 0 Å². The molecular weight excluding hydrogens is 144 g/mol. The zero-order valence-electron chi connectivity index (χ0n) is 7.00. The number of aliphatic hydroxyl groups excluding tert-OH is 1. The molecule has 0 unspecified atom stereocenters. The van der Waals surface area contributed by atoms with Gasteiger partial charge in [-0.1, -0.05) is 13.8 Å². The molecule has 0 aliphatic rings. The summed E-state index contributed by atoms with van der Waals surface area (Å²) in [5.74, 6) is 0.107. The third-order valence-corrected chi connectivity index (χ3v) is 1.32. The molecule has 0 fully saturated rings. The molecule has 11 heavy (non-hydrogen) atoms. The Morgan fingerprint density at radius 2 is 2.18 bits per heavy atom. The Morgan fingerprint density at radius 1 is 1.64 bits per heavy atom. The highest BCUT2D eigenvalue weighted by molar-refractivity contribution is 5.81. The van der Waals surface area contributed by atoms with Gasteiger partial charge in [-0.3, -0.25) is 4.79 Å². The maximum Gasteiger partial charge on any atom is 0.238 e. The second kappa shape index (κ2) is 5.09. The Morgan fingerprint density at radius 3 is 2.55 bits per heavy atom. The van der Waals surface area contributed by atoms with E-state index >= 15 is 0 Å². The quantitative estimate of drug-likeness (QED) is 0.482. The largest absolute Gasteiger partial charge is 0.376 e. The van der Waals surface area contributed by atoms with Crippen LogP contribution in [0.4, 0.5) is 0 Å². The van der Waals surface area contributed by atoms with Gasteiger partial charge in [-0.15, -0.1) is 0 Å². The Hall–Kier alpha value is -0.610. The third kappa shape index (κ3) is 4.75. The van der Waals surface area contributed by atoms with Crippen LogP contribution in [0.15, 0.2) is 0 Å². The lowest BCUT2D eigenvalue weighted by Crippen LogP contribution is -2.41. The number of nitrogens with two attached hydrogens (primary N) is 1. The SMILES string of the molecule is CC(C)C[C@H](N)C(=O)NCO. The molecule has 66 valence electrons. The minimum Gasteiger partial charge on any atom is -0.376 e. The summed E-state index contributed by atoms with van der Waals surface area (Å²) in [6.07, 6.45) is 0.645. The van der Waals surface area contributed by atoms with Crippen molar-refractivity contribution in [2.75, 3.05) is 6.73 Å². The van der Waals surface area contributed by atoms with Gasteiger partial charge >= 0.3 is 0 Å². The Kier molecular flexibility index (Phi) is 4.81. The fourth-order valence-electron chi connectivity index (χ4n) is 0.824. The summed E-state index contributed by atoms with van der Waals surface area (Å²) in [4.78, 5) is 10.9. The van der Waals surface area contributed by atoms with Crippen LogP contribution in [0.5, 0.6) is 0 Å². The Balaban J connectivity index is 3.64. The number of hydrogen-bond donors (Lipinski definition) is 3. The molecule has 0 aliphatic heterocycles. The molecule has 0 bridgehead atoms. The van der Waals surface area contributed by atoms with E-state index in [1.807, 2.05) is 13.8 Å². The van der Waals surface area contributed by atoms with Crippen LogP contribution in [0.2, 0.25) is 0 Å². The number of rotatable bonds is 4. The normalized spacial score (nSPS) is 13.2. The van der Waals surface area contributed by atoms with Crippen molar-refractivity contribution in [3.05, 3.63) is 0 Å². The highest BCUT2D eigenvalue weighted by Gasteiger charge is 2.13. The summed E-state index contributed by atoms with van der Waals surface area (Å²) in [6, 6.07) is -0.498. The van der Waals surface area contributed by atoms with Crippen molar-refractivity contribution >= 4 is 5.91 Å². The van der Waals surface area contributed by atoms with Gasteiger partial charge in [0.15, 0.2) is 0 Å². The molecule has 0 saturated heterocycles. The first-order chi connectivity index (χ1) is 5.07.